The monoisotopic (exact) mass is 317 g/mol. The van der Waals surface area contributed by atoms with Gasteiger partial charge in [0.25, 0.3) is 5.91 Å². The van der Waals surface area contributed by atoms with Crippen molar-refractivity contribution < 1.29 is 9.59 Å². The maximum absolute atomic E-state index is 12.2. The van der Waals surface area contributed by atoms with E-state index in [9.17, 15) is 9.59 Å². The van der Waals surface area contributed by atoms with Gasteiger partial charge in [0.15, 0.2) is 0 Å². The summed E-state index contributed by atoms with van der Waals surface area (Å²) in [5.74, 6) is -0.373. The largest absolute Gasteiger partial charge is 0.346 e. The highest BCUT2D eigenvalue weighted by Crippen LogP contribution is 2.18. The van der Waals surface area contributed by atoms with E-state index in [0.29, 0.717) is 11.3 Å². The van der Waals surface area contributed by atoms with Crippen LogP contribution in [0, 0.1) is 0 Å². The van der Waals surface area contributed by atoms with Crippen LogP contribution in [0.5, 0.6) is 0 Å². The Kier molecular flexibility index (Phi) is 5.12. The average molecular weight is 318 g/mol. The molecule has 0 radical (unpaired) electrons. The first-order valence-electron chi connectivity index (χ1n) is 6.75. The molecule has 1 unspecified atom stereocenters. The van der Waals surface area contributed by atoms with E-state index in [1.807, 2.05) is 25.1 Å². The summed E-state index contributed by atoms with van der Waals surface area (Å²) in [6.45, 7) is 3.32. The molecular weight excluding hydrogens is 302 g/mol. The van der Waals surface area contributed by atoms with Gasteiger partial charge in [-0.3, -0.25) is 9.59 Å². The quantitative estimate of drug-likeness (QED) is 0.851. The third-order valence-electron chi connectivity index (χ3n) is 3.04. The maximum atomic E-state index is 12.2. The highest BCUT2D eigenvalue weighted by atomic mass is 35.5. The Morgan fingerprint density at radius 1 is 1.23 bits per heavy atom. The summed E-state index contributed by atoms with van der Waals surface area (Å²) in [7, 11) is 0. The topological polar surface area (TPSA) is 71.1 Å². The third-order valence-corrected chi connectivity index (χ3v) is 3.25. The summed E-state index contributed by atoms with van der Waals surface area (Å²) < 4.78 is 0. The Bertz CT molecular complexity index is 703. The second-order valence-corrected chi connectivity index (χ2v) is 5.26. The molecule has 22 heavy (non-hydrogen) atoms. The van der Waals surface area contributed by atoms with E-state index in [4.69, 9.17) is 11.6 Å². The van der Waals surface area contributed by atoms with E-state index in [2.05, 4.69) is 15.6 Å². The lowest BCUT2D eigenvalue weighted by Crippen LogP contribution is -2.26. The first-order chi connectivity index (χ1) is 10.5. The minimum Gasteiger partial charge on any atom is -0.346 e. The number of nitrogens with zero attached hydrogens (tertiary/aromatic N) is 1. The van der Waals surface area contributed by atoms with Gasteiger partial charge in [-0.15, -0.1) is 0 Å². The van der Waals surface area contributed by atoms with Crippen LogP contribution in [-0.2, 0) is 4.79 Å². The number of carbonyl (C=O) groups excluding carboxylic acids is 2. The molecule has 0 spiro atoms. The number of rotatable bonds is 4. The fraction of sp³-hybridized carbons (Fsp3) is 0.188. The molecular formula is C16H16ClN3O2. The highest BCUT2D eigenvalue weighted by molar-refractivity contribution is 6.29. The summed E-state index contributed by atoms with van der Waals surface area (Å²) >= 11 is 5.78. The summed E-state index contributed by atoms with van der Waals surface area (Å²) in [5, 5.41) is 5.87. The Morgan fingerprint density at radius 2 is 2.00 bits per heavy atom. The molecule has 1 atom stereocenters. The SMILES string of the molecule is CC(=O)Nc1cccc(C(C)NC(=O)c2ccnc(Cl)c2)c1. The minimum atomic E-state index is -0.235. The molecule has 2 rings (SSSR count). The number of hydrogen-bond acceptors (Lipinski definition) is 3. The Labute approximate surface area is 133 Å². The number of amides is 2. The molecule has 2 aromatic rings. The fourth-order valence-corrected chi connectivity index (χ4v) is 2.17. The van der Waals surface area contributed by atoms with Crippen molar-refractivity contribution in [3.8, 4) is 0 Å². The van der Waals surface area contributed by atoms with Crippen LogP contribution in [0.3, 0.4) is 0 Å². The number of anilines is 1. The molecule has 0 fully saturated rings. The zero-order valence-electron chi connectivity index (χ0n) is 12.3. The van der Waals surface area contributed by atoms with Crippen molar-refractivity contribution in [1.82, 2.24) is 10.3 Å². The predicted molar refractivity (Wildman–Crippen MR) is 85.9 cm³/mol. The molecule has 1 aromatic carbocycles. The van der Waals surface area contributed by atoms with Crippen LogP contribution in [0.1, 0.15) is 35.8 Å². The summed E-state index contributed by atoms with van der Waals surface area (Å²) in [6, 6.07) is 10.2. The molecule has 5 nitrogen and oxygen atoms in total. The molecule has 0 saturated carbocycles. The van der Waals surface area contributed by atoms with E-state index >= 15 is 0 Å². The Hall–Kier alpha value is -2.40. The molecule has 0 aliphatic rings. The van der Waals surface area contributed by atoms with Crippen molar-refractivity contribution in [2.45, 2.75) is 19.9 Å². The molecule has 1 heterocycles. The normalized spacial score (nSPS) is 11.6. The van der Waals surface area contributed by atoms with Crippen molar-refractivity contribution in [2.24, 2.45) is 0 Å². The number of nitrogens with one attached hydrogen (secondary N) is 2. The van der Waals surface area contributed by atoms with Crippen molar-refractivity contribution in [2.75, 3.05) is 5.32 Å². The first kappa shape index (κ1) is 16.0. The number of benzene rings is 1. The zero-order chi connectivity index (χ0) is 16.1. The van der Waals surface area contributed by atoms with Crippen LogP contribution in [0.25, 0.3) is 0 Å². The second-order valence-electron chi connectivity index (χ2n) is 4.87. The zero-order valence-corrected chi connectivity index (χ0v) is 13.0. The summed E-state index contributed by atoms with van der Waals surface area (Å²) in [5.41, 5.74) is 2.03. The molecule has 2 N–H and O–H groups in total. The summed E-state index contributed by atoms with van der Waals surface area (Å²) in [4.78, 5) is 27.1. The van der Waals surface area contributed by atoms with Gasteiger partial charge in [-0.1, -0.05) is 23.7 Å². The first-order valence-corrected chi connectivity index (χ1v) is 7.13. The molecule has 0 bridgehead atoms. The Balaban J connectivity index is 2.10. The lowest BCUT2D eigenvalue weighted by Gasteiger charge is -2.15. The molecule has 1 aromatic heterocycles. The van der Waals surface area contributed by atoms with Crippen LogP contribution in [0.15, 0.2) is 42.6 Å². The van der Waals surface area contributed by atoms with Crippen molar-refractivity contribution >= 4 is 29.1 Å². The van der Waals surface area contributed by atoms with Gasteiger partial charge in [0, 0.05) is 24.4 Å². The number of carbonyl (C=O) groups is 2. The lowest BCUT2D eigenvalue weighted by atomic mass is 10.1. The van der Waals surface area contributed by atoms with Crippen LogP contribution in [0.2, 0.25) is 5.15 Å². The number of pyridine rings is 1. The van der Waals surface area contributed by atoms with Gasteiger partial charge in [0.2, 0.25) is 5.91 Å². The Morgan fingerprint density at radius 3 is 2.68 bits per heavy atom. The molecule has 114 valence electrons. The number of hydrogen-bond donors (Lipinski definition) is 2. The third kappa shape index (κ3) is 4.30. The second kappa shape index (κ2) is 7.04. The van der Waals surface area contributed by atoms with E-state index in [0.717, 1.165) is 5.56 Å². The average Bonchev–Trinajstić information content (AvgIpc) is 2.46. The molecule has 0 saturated heterocycles. The van der Waals surface area contributed by atoms with Crippen molar-refractivity contribution in [3.05, 3.63) is 58.9 Å². The van der Waals surface area contributed by atoms with Crippen molar-refractivity contribution in [1.29, 1.82) is 0 Å². The van der Waals surface area contributed by atoms with E-state index < -0.39 is 0 Å². The highest BCUT2D eigenvalue weighted by Gasteiger charge is 2.12. The molecule has 2 amide bonds. The van der Waals surface area contributed by atoms with Gasteiger partial charge in [0.05, 0.1) is 6.04 Å². The smallest absolute Gasteiger partial charge is 0.251 e. The standard InChI is InChI=1S/C16H16ClN3O2/c1-10(12-4-3-5-14(8-12)20-11(2)21)19-16(22)13-6-7-18-15(17)9-13/h3-10H,1-2H3,(H,19,22)(H,20,21). The van der Waals surface area contributed by atoms with Gasteiger partial charge in [-0.2, -0.15) is 0 Å². The van der Waals surface area contributed by atoms with Gasteiger partial charge in [0.1, 0.15) is 5.15 Å². The summed E-state index contributed by atoms with van der Waals surface area (Å²) in [6.07, 6.45) is 1.49. The van der Waals surface area contributed by atoms with Crippen LogP contribution in [0.4, 0.5) is 5.69 Å². The molecule has 0 aliphatic carbocycles. The van der Waals surface area contributed by atoms with E-state index in [1.54, 1.807) is 12.1 Å². The molecule has 0 aliphatic heterocycles. The van der Waals surface area contributed by atoms with E-state index in [-0.39, 0.29) is 23.0 Å². The van der Waals surface area contributed by atoms with E-state index in [1.165, 1.54) is 19.2 Å². The molecule has 6 heteroatoms. The van der Waals surface area contributed by atoms with Crippen molar-refractivity contribution in [3.63, 3.8) is 0 Å². The van der Waals surface area contributed by atoms with Gasteiger partial charge in [-0.05, 0) is 36.8 Å². The van der Waals surface area contributed by atoms with Crippen LogP contribution >= 0.6 is 11.6 Å². The number of halogens is 1. The van der Waals surface area contributed by atoms with Gasteiger partial charge in [-0.25, -0.2) is 4.98 Å². The predicted octanol–water partition coefficient (Wildman–Crippen LogP) is 3.18. The van der Waals surface area contributed by atoms with Gasteiger partial charge >= 0.3 is 0 Å². The maximum Gasteiger partial charge on any atom is 0.251 e. The fourth-order valence-electron chi connectivity index (χ4n) is 2.00. The lowest BCUT2D eigenvalue weighted by molar-refractivity contribution is -0.114. The number of aromatic nitrogens is 1. The van der Waals surface area contributed by atoms with Crippen LogP contribution < -0.4 is 10.6 Å². The minimum absolute atomic E-state index is 0.139. The van der Waals surface area contributed by atoms with Crippen LogP contribution in [-0.4, -0.2) is 16.8 Å². The van der Waals surface area contributed by atoms with Gasteiger partial charge < -0.3 is 10.6 Å².